The van der Waals surface area contributed by atoms with E-state index in [1.165, 1.54) is 19.1 Å². The molecule has 0 saturated heterocycles. The first-order valence-electron chi connectivity index (χ1n) is 5.99. The number of rotatable bonds is 2. The molecular formula is C16H14F2O. The van der Waals surface area contributed by atoms with Gasteiger partial charge in [-0.15, -0.1) is 0 Å². The van der Waals surface area contributed by atoms with Crippen LogP contribution in [0.2, 0.25) is 0 Å². The molecule has 0 aliphatic heterocycles. The first-order chi connectivity index (χ1) is 8.93. The van der Waals surface area contributed by atoms with E-state index in [0.717, 1.165) is 11.1 Å². The maximum atomic E-state index is 13.9. The Morgan fingerprint density at radius 1 is 0.842 bits per heavy atom. The van der Waals surface area contributed by atoms with Gasteiger partial charge >= 0.3 is 0 Å². The molecule has 0 bridgehead atoms. The Labute approximate surface area is 110 Å². The summed E-state index contributed by atoms with van der Waals surface area (Å²) in [7, 11) is 0. The standard InChI is InChI=1S/C16H14F2O/c1-9-5-4-6-10(2)13(9)16(19)12-8-7-11(3)14(17)15(12)18/h4-8H,1-3H3. The average Bonchev–Trinajstić information content (AvgIpc) is 2.35. The van der Waals surface area contributed by atoms with Crippen LogP contribution in [0, 0.1) is 32.4 Å². The lowest BCUT2D eigenvalue weighted by Gasteiger charge is -2.10. The molecule has 2 rings (SSSR count). The third-order valence-corrected chi connectivity index (χ3v) is 3.23. The van der Waals surface area contributed by atoms with Crippen LogP contribution in [0.25, 0.3) is 0 Å². The van der Waals surface area contributed by atoms with Crippen molar-refractivity contribution in [1.82, 2.24) is 0 Å². The smallest absolute Gasteiger partial charge is 0.196 e. The minimum Gasteiger partial charge on any atom is -0.288 e. The molecule has 3 heteroatoms. The molecule has 98 valence electrons. The number of hydrogen-bond donors (Lipinski definition) is 0. The van der Waals surface area contributed by atoms with Crippen molar-refractivity contribution in [2.24, 2.45) is 0 Å². The largest absolute Gasteiger partial charge is 0.288 e. The van der Waals surface area contributed by atoms with Gasteiger partial charge in [0.15, 0.2) is 17.4 Å². The van der Waals surface area contributed by atoms with E-state index in [0.29, 0.717) is 5.56 Å². The summed E-state index contributed by atoms with van der Waals surface area (Å²) >= 11 is 0. The quantitative estimate of drug-likeness (QED) is 0.742. The van der Waals surface area contributed by atoms with Crippen molar-refractivity contribution in [3.63, 3.8) is 0 Å². The Morgan fingerprint density at radius 2 is 1.42 bits per heavy atom. The van der Waals surface area contributed by atoms with Crippen molar-refractivity contribution in [3.05, 3.63) is 69.8 Å². The molecule has 2 aromatic carbocycles. The van der Waals surface area contributed by atoms with Crippen LogP contribution in [0.15, 0.2) is 30.3 Å². The number of hydrogen-bond acceptors (Lipinski definition) is 1. The van der Waals surface area contributed by atoms with E-state index >= 15 is 0 Å². The Kier molecular flexibility index (Phi) is 3.47. The van der Waals surface area contributed by atoms with Crippen molar-refractivity contribution in [1.29, 1.82) is 0 Å². The lowest BCUT2D eigenvalue weighted by atomic mass is 9.94. The molecule has 0 unspecified atom stereocenters. The topological polar surface area (TPSA) is 17.1 Å². The average molecular weight is 260 g/mol. The molecule has 0 spiro atoms. The molecule has 0 aromatic heterocycles. The van der Waals surface area contributed by atoms with Gasteiger partial charge in [0.1, 0.15) is 0 Å². The van der Waals surface area contributed by atoms with Gasteiger partial charge in [-0.25, -0.2) is 8.78 Å². The van der Waals surface area contributed by atoms with E-state index in [9.17, 15) is 13.6 Å². The molecule has 0 atom stereocenters. The highest BCUT2D eigenvalue weighted by Crippen LogP contribution is 2.22. The molecule has 0 amide bonds. The number of benzene rings is 2. The van der Waals surface area contributed by atoms with Crippen molar-refractivity contribution in [2.45, 2.75) is 20.8 Å². The maximum absolute atomic E-state index is 13.9. The second-order valence-electron chi connectivity index (χ2n) is 4.65. The molecule has 19 heavy (non-hydrogen) atoms. The lowest BCUT2D eigenvalue weighted by molar-refractivity contribution is 0.103. The minimum atomic E-state index is -1.08. The molecule has 1 nitrogen and oxygen atoms in total. The predicted molar refractivity (Wildman–Crippen MR) is 70.4 cm³/mol. The van der Waals surface area contributed by atoms with Gasteiger partial charge in [0.2, 0.25) is 0 Å². The molecule has 0 aliphatic carbocycles. The fraction of sp³-hybridized carbons (Fsp3) is 0.188. The van der Waals surface area contributed by atoms with Crippen LogP contribution in [0.4, 0.5) is 8.78 Å². The first kappa shape index (κ1) is 13.4. The van der Waals surface area contributed by atoms with Crippen LogP contribution in [0.3, 0.4) is 0 Å². The monoisotopic (exact) mass is 260 g/mol. The van der Waals surface area contributed by atoms with Gasteiger partial charge in [0.25, 0.3) is 0 Å². The van der Waals surface area contributed by atoms with Gasteiger partial charge in [0, 0.05) is 5.56 Å². The van der Waals surface area contributed by atoms with Crippen molar-refractivity contribution in [2.75, 3.05) is 0 Å². The van der Waals surface area contributed by atoms with Gasteiger partial charge in [-0.05, 0) is 43.5 Å². The van der Waals surface area contributed by atoms with Crippen LogP contribution >= 0.6 is 0 Å². The summed E-state index contributed by atoms with van der Waals surface area (Å²) in [5.41, 5.74) is 1.91. The van der Waals surface area contributed by atoms with Gasteiger partial charge in [0.05, 0.1) is 5.56 Å². The Morgan fingerprint density at radius 3 is 2.00 bits per heavy atom. The van der Waals surface area contributed by atoms with Gasteiger partial charge < -0.3 is 0 Å². The van der Waals surface area contributed by atoms with Crippen LogP contribution in [0.5, 0.6) is 0 Å². The highest BCUT2D eigenvalue weighted by molar-refractivity contribution is 6.11. The zero-order valence-corrected chi connectivity index (χ0v) is 11.1. The molecular weight excluding hydrogens is 246 g/mol. The van der Waals surface area contributed by atoms with Crippen molar-refractivity contribution < 1.29 is 13.6 Å². The maximum Gasteiger partial charge on any atom is 0.196 e. The summed E-state index contributed by atoms with van der Waals surface area (Å²) in [5, 5.41) is 0. The number of halogens is 2. The second kappa shape index (κ2) is 4.92. The Hall–Kier alpha value is -2.03. The van der Waals surface area contributed by atoms with E-state index < -0.39 is 17.4 Å². The zero-order chi connectivity index (χ0) is 14.2. The van der Waals surface area contributed by atoms with Gasteiger partial charge in [-0.2, -0.15) is 0 Å². The number of carbonyl (C=O) groups excluding carboxylic acids is 1. The van der Waals surface area contributed by atoms with Crippen LogP contribution in [-0.2, 0) is 0 Å². The fourth-order valence-corrected chi connectivity index (χ4v) is 2.13. The lowest BCUT2D eigenvalue weighted by Crippen LogP contribution is -2.10. The summed E-state index contributed by atoms with van der Waals surface area (Å²) in [6.07, 6.45) is 0. The highest BCUT2D eigenvalue weighted by Gasteiger charge is 2.20. The van der Waals surface area contributed by atoms with E-state index in [-0.39, 0.29) is 11.1 Å². The molecule has 0 radical (unpaired) electrons. The van der Waals surface area contributed by atoms with Crippen LogP contribution in [0.1, 0.15) is 32.6 Å². The van der Waals surface area contributed by atoms with Gasteiger partial charge in [-0.3, -0.25) is 4.79 Å². The number of aryl methyl sites for hydroxylation is 3. The summed E-state index contributed by atoms with van der Waals surface area (Å²) in [4.78, 5) is 12.4. The third kappa shape index (κ3) is 2.28. The summed E-state index contributed by atoms with van der Waals surface area (Å²) in [6, 6.07) is 8.14. The van der Waals surface area contributed by atoms with Crippen molar-refractivity contribution in [3.8, 4) is 0 Å². The van der Waals surface area contributed by atoms with E-state index in [2.05, 4.69) is 0 Å². The number of carbonyl (C=O) groups is 1. The minimum absolute atomic E-state index is 0.190. The summed E-state index contributed by atoms with van der Waals surface area (Å²) in [5.74, 6) is -2.52. The predicted octanol–water partition coefficient (Wildman–Crippen LogP) is 4.12. The Bertz CT molecular complexity index is 640. The molecule has 0 aliphatic rings. The second-order valence-corrected chi connectivity index (χ2v) is 4.65. The van der Waals surface area contributed by atoms with E-state index in [4.69, 9.17) is 0 Å². The highest BCUT2D eigenvalue weighted by atomic mass is 19.2. The molecule has 0 heterocycles. The fourth-order valence-electron chi connectivity index (χ4n) is 2.13. The third-order valence-electron chi connectivity index (χ3n) is 3.23. The normalized spacial score (nSPS) is 10.6. The number of ketones is 1. The van der Waals surface area contributed by atoms with Gasteiger partial charge in [-0.1, -0.05) is 24.3 Å². The SMILES string of the molecule is Cc1ccc(C(=O)c2c(C)cccc2C)c(F)c1F. The molecule has 2 aromatic rings. The van der Waals surface area contributed by atoms with Crippen LogP contribution < -0.4 is 0 Å². The summed E-state index contributed by atoms with van der Waals surface area (Å²) < 4.78 is 27.4. The zero-order valence-electron chi connectivity index (χ0n) is 11.1. The van der Waals surface area contributed by atoms with Crippen molar-refractivity contribution >= 4 is 5.78 Å². The molecule has 0 fully saturated rings. The van der Waals surface area contributed by atoms with E-state index in [1.54, 1.807) is 26.0 Å². The van der Waals surface area contributed by atoms with E-state index in [1.807, 2.05) is 6.07 Å². The first-order valence-corrected chi connectivity index (χ1v) is 5.99. The van der Waals surface area contributed by atoms with Crippen LogP contribution in [-0.4, -0.2) is 5.78 Å². The molecule has 0 N–H and O–H groups in total. The Balaban J connectivity index is 2.60. The molecule has 0 saturated carbocycles. The summed E-state index contributed by atoms with van der Waals surface area (Å²) in [6.45, 7) is 5.02.